The molecule has 2 rings (SSSR count). The number of aromatic carboxylic acids is 1. The summed E-state index contributed by atoms with van der Waals surface area (Å²) in [6.07, 6.45) is 2.57. The van der Waals surface area contributed by atoms with Crippen LogP contribution in [0.4, 0.5) is 0 Å². The zero-order chi connectivity index (χ0) is 17.0. The van der Waals surface area contributed by atoms with Crippen LogP contribution in [0.1, 0.15) is 35.7 Å². The second-order valence-corrected chi connectivity index (χ2v) is 4.98. The Morgan fingerprint density at radius 2 is 2.09 bits per heavy atom. The van der Waals surface area contributed by atoms with Gasteiger partial charge in [-0.1, -0.05) is 19.4 Å². The van der Waals surface area contributed by atoms with Gasteiger partial charge in [0.2, 0.25) is 0 Å². The number of hydrogen-bond acceptors (Lipinski definition) is 4. The van der Waals surface area contributed by atoms with E-state index in [9.17, 15) is 19.5 Å². The molecule has 0 unspecified atom stereocenters. The molecular weight excluding hydrogens is 298 g/mol. The summed E-state index contributed by atoms with van der Waals surface area (Å²) in [7, 11) is 0. The number of unbranched alkanes of at least 4 members (excludes halogenated alkanes) is 1. The van der Waals surface area contributed by atoms with E-state index < -0.39 is 22.8 Å². The van der Waals surface area contributed by atoms with E-state index in [4.69, 9.17) is 5.26 Å². The lowest BCUT2D eigenvalue weighted by molar-refractivity contribution is 0.0693. The summed E-state index contributed by atoms with van der Waals surface area (Å²) in [4.78, 5) is 36.1. The van der Waals surface area contributed by atoms with E-state index in [0.717, 1.165) is 17.2 Å². The number of hydrogen-bond donors (Lipinski definition) is 1. The summed E-state index contributed by atoms with van der Waals surface area (Å²) in [6.45, 7) is 2.25. The average molecular weight is 313 g/mol. The SMILES string of the molecule is CCCCn1cc(C(=O)O)c(=O)n(-c2cccc(C#N)c2)c1=O. The lowest BCUT2D eigenvalue weighted by Crippen LogP contribution is -2.41. The van der Waals surface area contributed by atoms with Gasteiger partial charge in [-0.05, 0) is 24.6 Å². The van der Waals surface area contributed by atoms with E-state index in [1.54, 1.807) is 0 Å². The summed E-state index contributed by atoms with van der Waals surface area (Å²) in [6, 6.07) is 7.85. The van der Waals surface area contributed by atoms with E-state index in [2.05, 4.69) is 0 Å². The largest absolute Gasteiger partial charge is 0.477 e. The third kappa shape index (κ3) is 3.21. The first-order valence-corrected chi connectivity index (χ1v) is 7.10. The van der Waals surface area contributed by atoms with Crippen LogP contribution in [0.3, 0.4) is 0 Å². The molecule has 0 atom stereocenters. The van der Waals surface area contributed by atoms with Gasteiger partial charge in [-0.2, -0.15) is 5.26 Å². The third-order valence-corrected chi connectivity index (χ3v) is 3.37. The lowest BCUT2D eigenvalue weighted by atomic mass is 10.2. The number of aromatic nitrogens is 2. The highest BCUT2D eigenvalue weighted by Gasteiger charge is 2.17. The Bertz CT molecular complexity index is 903. The first-order chi connectivity index (χ1) is 11.0. The van der Waals surface area contributed by atoms with E-state index in [1.807, 2.05) is 13.0 Å². The highest BCUT2D eigenvalue weighted by molar-refractivity contribution is 5.86. The molecule has 118 valence electrons. The van der Waals surface area contributed by atoms with Gasteiger partial charge in [-0.3, -0.25) is 9.36 Å². The second kappa shape index (κ2) is 6.75. The van der Waals surface area contributed by atoms with E-state index in [1.165, 1.54) is 28.8 Å². The molecule has 0 radical (unpaired) electrons. The molecule has 0 aliphatic heterocycles. The Hall–Kier alpha value is -3.14. The van der Waals surface area contributed by atoms with Crippen molar-refractivity contribution in [2.45, 2.75) is 26.3 Å². The van der Waals surface area contributed by atoms with Crippen molar-refractivity contribution >= 4 is 5.97 Å². The summed E-state index contributed by atoms with van der Waals surface area (Å²) in [5.74, 6) is -1.40. The van der Waals surface area contributed by atoms with Gasteiger partial charge in [-0.25, -0.2) is 14.2 Å². The second-order valence-electron chi connectivity index (χ2n) is 4.98. The molecule has 1 N–H and O–H groups in total. The standard InChI is InChI=1S/C16H15N3O4/c1-2-3-7-18-10-13(15(21)22)14(20)19(16(18)23)12-6-4-5-11(8-12)9-17/h4-6,8,10H,2-3,7H2,1H3,(H,21,22). The average Bonchev–Trinajstić information content (AvgIpc) is 2.54. The maximum absolute atomic E-state index is 12.5. The molecular formula is C16H15N3O4. The molecule has 1 heterocycles. The normalized spacial score (nSPS) is 10.3. The molecule has 0 aliphatic rings. The number of nitriles is 1. The van der Waals surface area contributed by atoms with Gasteiger partial charge in [0.25, 0.3) is 5.56 Å². The molecule has 7 heteroatoms. The molecule has 0 bridgehead atoms. The molecule has 0 saturated heterocycles. The molecule has 1 aromatic carbocycles. The topological polar surface area (TPSA) is 105 Å². The van der Waals surface area contributed by atoms with Crippen molar-refractivity contribution < 1.29 is 9.90 Å². The molecule has 0 fully saturated rings. The Morgan fingerprint density at radius 1 is 1.35 bits per heavy atom. The fourth-order valence-corrected chi connectivity index (χ4v) is 2.18. The van der Waals surface area contributed by atoms with Gasteiger partial charge in [0.05, 0.1) is 17.3 Å². The predicted octanol–water partition coefficient (Wildman–Crippen LogP) is 1.37. The number of nitrogens with zero attached hydrogens (tertiary/aromatic N) is 3. The number of carboxylic acid groups (broad SMARTS) is 1. The van der Waals surface area contributed by atoms with E-state index >= 15 is 0 Å². The molecule has 23 heavy (non-hydrogen) atoms. The van der Waals surface area contributed by atoms with Gasteiger partial charge in [0.15, 0.2) is 0 Å². The van der Waals surface area contributed by atoms with Crippen LogP contribution in [0.25, 0.3) is 5.69 Å². The smallest absolute Gasteiger partial charge is 0.342 e. The van der Waals surface area contributed by atoms with Crippen molar-refractivity contribution in [3.8, 4) is 11.8 Å². The highest BCUT2D eigenvalue weighted by atomic mass is 16.4. The van der Waals surface area contributed by atoms with Crippen LogP contribution in [-0.4, -0.2) is 20.2 Å². The van der Waals surface area contributed by atoms with Crippen LogP contribution in [0.2, 0.25) is 0 Å². The number of carbonyl (C=O) groups is 1. The molecule has 0 saturated carbocycles. The van der Waals surface area contributed by atoms with E-state index in [-0.39, 0.29) is 11.3 Å². The van der Waals surface area contributed by atoms with Gasteiger partial charge >= 0.3 is 11.7 Å². The predicted molar refractivity (Wildman–Crippen MR) is 82.9 cm³/mol. The molecule has 7 nitrogen and oxygen atoms in total. The number of aryl methyl sites for hydroxylation is 1. The minimum absolute atomic E-state index is 0.174. The highest BCUT2D eigenvalue weighted by Crippen LogP contribution is 2.07. The molecule has 2 aromatic rings. The van der Waals surface area contributed by atoms with Crippen molar-refractivity contribution in [3.05, 3.63) is 62.4 Å². The van der Waals surface area contributed by atoms with Crippen LogP contribution >= 0.6 is 0 Å². The fraction of sp³-hybridized carbons (Fsp3) is 0.250. The fourth-order valence-electron chi connectivity index (χ4n) is 2.18. The number of rotatable bonds is 5. The first kappa shape index (κ1) is 16.2. The van der Waals surface area contributed by atoms with E-state index in [0.29, 0.717) is 13.0 Å². The van der Waals surface area contributed by atoms with Gasteiger partial charge < -0.3 is 5.11 Å². The molecule has 0 aliphatic carbocycles. The van der Waals surface area contributed by atoms with Crippen LogP contribution in [0, 0.1) is 11.3 Å². The molecule has 0 spiro atoms. The van der Waals surface area contributed by atoms with Crippen molar-refractivity contribution in [1.29, 1.82) is 5.26 Å². The summed E-state index contributed by atoms with van der Waals surface area (Å²) in [5, 5.41) is 18.1. The Morgan fingerprint density at radius 3 is 2.70 bits per heavy atom. The van der Waals surface area contributed by atoms with Crippen molar-refractivity contribution in [2.75, 3.05) is 0 Å². The summed E-state index contributed by atoms with van der Waals surface area (Å²) in [5.41, 5.74) is -1.57. The van der Waals surface area contributed by atoms with Crippen molar-refractivity contribution in [3.63, 3.8) is 0 Å². The Labute approximate surface area is 131 Å². The quantitative estimate of drug-likeness (QED) is 0.897. The van der Waals surface area contributed by atoms with Crippen LogP contribution in [0.15, 0.2) is 40.1 Å². The van der Waals surface area contributed by atoms with Gasteiger partial charge in [0, 0.05) is 12.7 Å². The van der Waals surface area contributed by atoms with Crippen LogP contribution in [-0.2, 0) is 6.54 Å². The zero-order valence-electron chi connectivity index (χ0n) is 12.5. The third-order valence-electron chi connectivity index (χ3n) is 3.37. The number of benzene rings is 1. The van der Waals surface area contributed by atoms with Crippen molar-refractivity contribution in [2.24, 2.45) is 0 Å². The van der Waals surface area contributed by atoms with Crippen LogP contribution < -0.4 is 11.2 Å². The minimum Gasteiger partial charge on any atom is -0.477 e. The van der Waals surface area contributed by atoms with Gasteiger partial charge in [0.1, 0.15) is 5.56 Å². The zero-order valence-corrected chi connectivity index (χ0v) is 12.5. The van der Waals surface area contributed by atoms with Crippen LogP contribution in [0.5, 0.6) is 0 Å². The first-order valence-electron chi connectivity index (χ1n) is 7.10. The Kier molecular flexibility index (Phi) is 4.76. The molecule has 1 aromatic heterocycles. The monoisotopic (exact) mass is 313 g/mol. The summed E-state index contributed by atoms with van der Waals surface area (Å²) >= 11 is 0. The lowest BCUT2D eigenvalue weighted by Gasteiger charge is -2.11. The minimum atomic E-state index is -1.40. The Balaban J connectivity index is 2.77. The number of carboxylic acids is 1. The van der Waals surface area contributed by atoms with Crippen molar-refractivity contribution in [1.82, 2.24) is 9.13 Å². The maximum Gasteiger partial charge on any atom is 0.342 e. The summed E-state index contributed by atoms with van der Waals surface area (Å²) < 4.78 is 2.01. The van der Waals surface area contributed by atoms with Gasteiger partial charge in [-0.15, -0.1) is 0 Å². The molecule has 0 amide bonds. The maximum atomic E-state index is 12.5.